The van der Waals surface area contributed by atoms with E-state index in [-0.39, 0.29) is 0 Å². The van der Waals surface area contributed by atoms with Gasteiger partial charge in [-0.2, -0.15) is 0 Å². The molecule has 1 N–H and O–H groups in total. The molecule has 2 unspecified atom stereocenters. The predicted octanol–water partition coefficient (Wildman–Crippen LogP) is 1.60. The van der Waals surface area contributed by atoms with Crippen molar-refractivity contribution in [3.05, 3.63) is 0 Å². The molecule has 1 aliphatic carbocycles. The van der Waals surface area contributed by atoms with Gasteiger partial charge < -0.3 is 8.38 Å². The van der Waals surface area contributed by atoms with Crippen molar-refractivity contribution in [2.45, 2.75) is 12.8 Å². The van der Waals surface area contributed by atoms with Crippen LogP contribution < -0.4 is 5.32 Å². The summed E-state index contributed by atoms with van der Waals surface area (Å²) in [5, 5.41) is 3.44. The smallest absolute Gasteiger partial charge is 0.109 e. The van der Waals surface area contributed by atoms with Gasteiger partial charge in [-0.15, -0.1) is 0 Å². The Bertz CT molecular complexity index is 130. The Balaban J connectivity index is 1.84. The van der Waals surface area contributed by atoms with Gasteiger partial charge in [0.1, 0.15) is 23.0 Å². The van der Waals surface area contributed by atoms with E-state index in [0.717, 1.165) is 24.4 Å². The highest BCUT2D eigenvalue weighted by Crippen LogP contribution is 2.38. The summed E-state index contributed by atoms with van der Waals surface area (Å²) in [5.41, 5.74) is 0. The van der Waals surface area contributed by atoms with Crippen LogP contribution in [0.25, 0.3) is 0 Å². The van der Waals surface area contributed by atoms with E-state index in [0.29, 0.717) is 0 Å². The van der Waals surface area contributed by atoms with E-state index < -0.39 is 0 Å². The summed E-state index contributed by atoms with van der Waals surface area (Å²) in [7, 11) is 0. The summed E-state index contributed by atoms with van der Waals surface area (Å²) in [5.74, 6) is 2.78. The molecule has 0 aromatic rings. The van der Waals surface area contributed by atoms with Crippen LogP contribution >= 0.6 is 23.0 Å². The molecule has 1 saturated heterocycles. The highest BCUT2D eigenvalue weighted by molar-refractivity contribution is 14.1. The highest BCUT2D eigenvalue weighted by atomic mass is 127. The number of nitrogens with one attached hydrogen (secondary N) is 1. The van der Waals surface area contributed by atoms with Crippen LogP contribution in [0.5, 0.6) is 0 Å². The van der Waals surface area contributed by atoms with Gasteiger partial charge in [-0.05, 0) is 43.7 Å². The largest absolute Gasteiger partial charge is 0.316 e. The second-order valence-corrected chi connectivity index (χ2v) is 4.41. The minimum atomic E-state index is 0.851. The van der Waals surface area contributed by atoms with Crippen molar-refractivity contribution in [2.75, 3.05) is 19.7 Å². The van der Waals surface area contributed by atoms with Gasteiger partial charge in [-0.25, -0.2) is 0 Å². The third-order valence-corrected chi connectivity index (χ3v) is 3.41. The zero-order valence-corrected chi connectivity index (χ0v) is 8.71. The average molecular weight is 267 g/mol. The van der Waals surface area contributed by atoms with Gasteiger partial charge in [-0.3, -0.25) is 0 Å². The maximum Gasteiger partial charge on any atom is 0.109 e. The minimum absolute atomic E-state index is 0.851. The monoisotopic (exact) mass is 267 g/mol. The lowest BCUT2D eigenvalue weighted by atomic mass is 10.0. The molecule has 2 nitrogen and oxygen atoms in total. The van der Waals surface area contributed by atoms with E-state index in [2.05, 4.69) is 5.32 Å². The van der Waals surface area contributed by atoms with Gasteiger partial charge >= 0.3 is 0 Å². The Morgan fingerprint density at radius 3 is 2.45 bits per heavy atom. The summed E-state index contributed by atoms with van der Waals surface area (Å²) >= 11 is 2.01. The molecule has 64 valence electrons. The molecule has 2 rings (SSSR count). The molecule has 0 aromatic heterocycles. The standard InChI is InChI=1S/C8H14INO/c9-11-5-6-1-7-3-10-4-8(7)2-6/h6-8,10H,1-5H2. The Morgan fingerprint density at radius 1 is 1.27 bits per heavy atom. The average Bonchev–Trinajstić information content (AvgIpc) is 2.46. The van der Waals surface area contributed by atoms with Crippen LogP contribution in [-0.2, 0) is 3.07 Å². The van der Waals surface area contributed by atoms with Gasteiger partial charge in [0.15, 0.2) is 0 Å². The predicted molar refractivity (Wildman–Crippen MR) is 52.5 cm³/mol. The molecule has 0 aromatic carbocycles. The van der Waals surface area contributed by atoms with E-state index in [1.54, 1.807) is 0 Å². The Morgan fingerprint density at radius 2 is 1.91 bits per heavy atom. The lowest BCUT2D eigenvalue weighted by Crippen LogP contribution is -2.13. The first-order valence-electron chi connectivity index (χ1n) is 4.34. The molecule has 1 saturated carbocycles. The van der Waals surface area contributed by atoms with Crippen molar-refractivity contribution in [1.29, 1.82) is 0 Å². The summed E-state index contributed by atoms with van der Waals surface area (Å²) in [6.07, 6.45) is 2.78. The molecule has 2 fully saturated rings. The third kappa shape index (κ3) is 1.70. The van der Waals surface area contributed by atoms with E-state index in [9.17, 15) is 0 Å². The van der Waals surface area contributed by atoms with E-state index in [1.807, 2.05) is 23.0 Å². The normalized spacial score (nSPS) is 42.8. The quantitative estimate of drug-likeness (QED) is 0.767. The molecular weight excluding hydrogens is 253 g/mol. The number of hydrogen-bond acceptors (Lipinski definition) is 2. The summed E-state index contributed by atoms with van der Waals surface area (Å²) in [6, 6.07) is 0. The molecule has 11 heavy (non-hydrogen) atoms. The van der Waals surface area contributed by atoms with Crippen molar-refractivity contribution in [1.82, 2.24) is 5.32 Å². The molecule has 0 amide bonds. The van der Waals surface area contributed by atoms with E-state index in [1.165, 1.54) is 25.9 Å². The van der Waals surface area contributed by atoms with Gasteiger partial charge in [0, 0.05) is 0 Å². The fourth-order valence-corrected chi connectivity index (χ4v) is 3.03. The van der Waals surface area contributed by atoms with Crippen LogP contribution in [0, 0.1) is 17.8 Å². The summed E-state index contributed by atoms with van der Waals surface area (Å²) in [4.78, 5) is 0. The molecule has 1 aliphatic heterocycles. The first-order valence-corrected chi connectivity index (χ1v) is 5.22. The minimum Gasteiger partial charge on any atom is -0.316 e. The van der Waals surface area contributed by atoms with E-state index >= 15 is 0 Å². The first-order chi connectivity index (χ1) is 5.40. The Hall–Kier alpha value is 0.650. The zero-order chi connectivity index (χ0) is 7.68. The molecule has 2 aliphatic rings. The van der Waals surface area contributed by atoms with Gasteiger partial charge in [0.2, 0.25) is 0 Å². The highest BCUT2D eigenvalue weighted by Gasteiger charge is 2.36. The fourth-order valence-electron chi connectivity index (χ4n) is 2.52. The van der Waals surface area contributed by atoms with Crippen molar-refractivity contribution in [3.63, 3.8) is 0 Å². The van der Waals surface area contributed by atoms with Crippen molar-refractivity contribution in [3.8, 4) is 0 Å². The lowest BCUT2D eigenvalue weighted by molar-refractivity contribution is 0.314. The van der Waals surface area contributed by atoms with Gasteiger partial charge in [0.25, 0.3) is 0 Å². The van der Waals surface area contributed by atoms with Crippen LogP contribution in [0.15, 0.2) is 0 Å². The van der Waals surface area contributed by atoms with Crippen LogP contribution in [0.1, 0.15) is 12.8 Å². The maximum atomic E-state index is 5.14. The molecule has 0 radical (unpaired) electrons. The van der Waals surface area contributed by atoms with Crippen LogP contribution in [0.4, 0.5) is 0 Å². The van der Waals surface area contributed by atoms with Crippen LogP contribution in [-0.4, -0.2) is 19.7 Å². The second-order valence-electron chi connectivity index (χ2n) is 3.79. The number of hydrogen-bond donors (Lipinski definition) is 1. The maximum absolute atomic E-state index is 5.14. The van der Waals surface area contributed by atoms with Crippen molar-refractivity contribution in [2.24, 2.45) is 17.8 Å². The molecular formula is C8H14INO. The van der Waals surface area contributed by atoms with Crippen molar-refractivity contribution < 1.29 is 3.07 Å². The zero-order valence-electron chi connectivity index (χ0n) is 6.55. The lowest BCUT2D eigenvalue weighted by Gasteiger charge is -2.07. The fraction of sp³-hybridized carbons (Fsp3) is 1.00. The number of rotatable bonds is 2. The Labute approximate surface area is 81.8 Å². The molecule has 3 heteroatoms. The molecule has 2 atom stereocenters. The Kier molecular flexibility index (Phi) is 2.69. The van der Waals surface area contributed by atoms with Crippen LogP contribution in [0.2, 0.25) is 0 Å². The molecule has 0 bridgehead atoms. The third-order valence-electron chi connectivity index (χ3n) is 3.05. The topological polar surface area (TPSA) is 21.3 Å². The van der Waals surface area contributed by atoms with Gasteiger partial charge in [-0.1, -0.05) is 0 Å². The van der Waals surface area contributed by atoms with Gasteiger partial charge in [0.05, 0.1) is 6.61 Å². The molecule has 0 spiro atoms. The number of halogens is 1. The van der Waals surface area contributed by atoms with E-state index in [4.69, 9.17) is 3.07 Å². The summed E-state index contributed by atoms with van der Waals surface area (Å²) in [6.45, 7) is 3.47. The first kappa shape index (κ1) is 8.26. The summed E-state index contributed by atoms with van der Waals surface area (Å²) < 4.78 is 5.14. The second kappa shape index (κ2) is 3.58. The molecule has 1 heterocycles. The SMILES string of the molecule is IOCC1CC2CNCC2C1. The number of fused-ring (bicyclic) bond motifs is 1. The van der Waals surface area contributed by atoms with Crippen LogP contribution in [0.3, 0.4) is 0 Å². The van der Waals surface area contributed by atoms with Crippen molar-refractivity contribution >= 4 is 23.0 Å².